The van der Waals surface area contributed by atoms with Gasteiger partial charge in [0.2, 0.25) is 0 Å². The molecule has 5 nitrogen and oxygen atoms in total. The van der Waals surface area contributed by atoms with Crippen molar-refractivity contribution in [1.29, 1.82) is 10.5 Å². The predicted octanol–water partition coefficient (Wildman–Crippen LogP) is 2.92. The second-order valence-electron chi connectivity index (χ2n) is 4.74. The Hall–Kier alpha value is -3.31. The van der Waals surface area contributed by atoms with Gasteiger partial charge in [0.05, 0.1) is 11.1 Å². The average molecular weight is 291 g/mol. The number of hydrogen-bond acceptors (Lipinski definition) is 4. The second kappa shape index (κ2) is 6.43. The van der Waals surface area contributed by atoms with Crippen LogP contribution in [0, 0.1) is 22.7 Å². The summed E-state index contributed by atoms with van der Waals surface area (Å²) >= 11 is 0. The van der Waals surface area contributed by atoms with Gasteiger partial charge < -0.3 is 9.64 Å². The Kier molecular flexibility index (Phi) is 4.41. The summed E-state index contributed by atoms with van der Waals surface area (Å²) in [5.74, 6) is 0.438. The van der Waals surface area contributed by atoms with Crippen LogP contribution in [0.3, 0.4) is 0 Å². The second-order valence-corrected chi connectivity index (χ2v) is 4.74. The van der Waals surface area contributed by atoms with E-state index in [4.69, 9.17) is 15.3 Å². The third-order valence-electron chi connectivity index (χ3n) is 2.96. The largest absolute Gasteiger partial charge is 0.455 e. The van der Waals surface area contributed by atoms with Gasteiger partial charge in [-0.3, -0.25) is 4.79 Å². The van der Waals surface area contributed by atoms with Crippen molar-refractivity contribution >= 4 is 5.91 Å². The summed E-state index contributed by atoms with van der Waals surface area (Å²) in [5.41, 5.74) is 1.00. The third kappa shape index (κ3) is 3.05. The Balaban J connectivity index is 2.41. The van der Waals surface area contributed by atoms with Gasteiger partial charge in [0.1, 0.15) is 17.9 Å². The summed E-state index contributed by atoms with van der Waals surface area (Å²) < 4.78 is 5.68. The highest BCUT2D eigenvalue weighted by Crippen LogP contribution is 2.29. The van der Waals surface area contributed by atoms with Crippen molar-refractivity contribution in [3.05, 3.63) is 59.2 Å². The van der Waals surface area contributed by atoms with Crippen LogP contribution in [0.15, 0.2) is 42.5 Å². The molecule has 2 aromatic carbocycles. The van der Waals surface area contributed by atoms with Crippen LogP contribution in [-0.2, 0) is 0 Å². The highest BCUT2D eigenvalue weighted by Gasteiger charge is 2.13. The number of hydrogen-bond donors (Lipinski definition) is 0. The number of nitrogens with zero attached hydrogens (tertiary/aromatic N) is 3. The molecule has 0 saturated heterocycles. The minimum absolute atomic E-state index is 0.153. The number of para-hydroxylation sites is 1. The van der Waals surface area contributed by atoms with Crippen LogP contribution in [0.1, 0.15) is 21.5 Å². The molecule has 0 radical (unpaired) electrons. The van der Waals surface area contributed by atoms with Crippen LogP contribution in [0.4, 0.5) is 0 Å². The van der Waals surface area contributed by atoms with Gasteiger partial charge in [-0.25, -0.2) is 0 Å². The normalized spacial score (nSPS) is 9.45. The molecule has 0 aliphatic heterocycles. The number of nitriles is 2. The zero-order chi connectivity index (χ0) is 16.1. The summed E-state index contributed by atoms with van der Waals surface area (Å²) in [5, 5.41) is 18.3. The molecule has 0 aliphatic carbocycles. The Labute approximate surface area is 128 Å². The molecule has 0 N–H and O–H groups in total. The Bertz CT molecular complexity index is 766. The molecule has 2 rings (SSSR count). The lowest BCUT2D eigenvalue weighted by Gasteiger charge is -2.12. The van der Waals surface area contributed by atoms with Crippen LogP contribution in [0.2, 0.25) is 0 Å². The van der Waals surface area contributed by atoms with Crippen molar-refractivity contribution in [1.82, 2.24) is 4.90 Å². The first-order chi connectivity index (χ1) is 10.6. The summed E-state index contributed by atoms with van der Waals surface area (Å²) in [6.45, 7) is 0. The zero-order valence-corrected chi connectivity index (χ0v) is 12.2. The molecule has 2 aromatic rings. The fourth-order valence-corrected chi connectivity index (χ4v) is 1.89. The maximum Gasteiger partial charge on any atom is 0.253 e. The summed E-state index contributed by atoms with van der Waals surface area (Å²) in [6, 6.07) is 15.4. The van der Waals surface area contributed by atoms with E-state index in [2.05, 4.69) is 0 Å². The Morgan fingerprint density at radius 3 is 2.18 bits per heavy atom. The van der Waals surface area contributed by atoms with Gasteiger partial charge in [-0.2, -0.15) is 10.5 Å². The number of benzene rings is 2. The number of carbonyl (C=O) groups is 1. The van der Waals surface area contributed by atoms with Crippen LogP contribution >= 0.6 is 0 Å². The molecule has 0 bridgehead atoms. The van der Waals surface area contributed by atoms with E-state index < -0.39 is 0 Å². The molecule has 0 atom stereocenters. The molecule has 0 aliphatic rings. The van der Waals surface area contributed by atoms with Crippen LogP contribution in [0.5, 0.6) is 11.5 Å². The molecule has 5 heteroatoms. The minimum atomic E-state index is -0.153. The van der Waals surface area contributed by atoms with E-state index in [0.717, 1.165) is 0 Å². The van der Waals surface area contributed by atoms with Crippen LogP contribution in [-0.4, -0.2) is 24.9 Å². The van der Waals surface area contributed by atoms with Gasteiger partial charge in [0.25, 0.3) is 5.91 Å². The lowest BCUT2D eigenvalue weighted by Crippen LogP contribution is -2.21. The van der Waals surface area contributed by atoms with Crippen molar-refractivity contribution in [3.63, 3.8) is 0 Å². The smallest absolute Gasteiger partial charge is 0.253 e. The van der Waals surface area contributed by atoms with Crippen molar-refractivity contribution in [2.45, 2.75) is 0 Å². The van der Waals surface area contributed by atoms with Gasteiger partial charge in [-0.05, 0) is 30.3 Å². The van der Waals surface area contributed by atoms with Crippen molar-refractivity contribution in [2.24, 2.45) is 0 Å². The first kappa shape index (κ1) is 15.1. The standard InChI is InChI=1S/C17H13N3O2/c1-20(2)17(21)12-5-4-8-15(9-12)22-16-13(10-18)6-3-7-14(16)11-19/h3-9H,1-2H3. The quantitative estimate of drug-likeness (QED) is 0.871. The molecular weight excluding hydrogens is 278 g/mol. The predicted molar refractivity (Wildman–Crippen MR) is 80.4 cm³/mol. The molecule has 1 amide bonds. The van der Waals surface area contributed by atoms with E-state index in [-0.39, 0.29) is 22.8 Å². The number of amides is 1. The topological polar surface area (TPSA) is 77.1 Å². The summed E-state index contributed by atoms with van der Waals surface area (Å²) in [4.78, 5) is 13.4. The van der Waals surface area contributed by atoms with Crippen LogP contribution < -0.4 is 4.74 Å². The van der Waals surface area contributed by atoms with Gasteiger partial charge in [-0.15, -0.1) is 0 Å². The van der Waals surface area contributed by atoms with Crippen molar-refractivity contribution in [3.8, 4) is 23.6 Å². The maximum atomic E-state index is 12.0. The van der Waals surface area contributed by atoms with Crippen LogP contribution in [0.25, 0.3) is 0 Å². The molecule has 0 aromatic heterocycles. The first-order valence-electron chi connectivity index (χ1n) is 6.49. The van der Waals surface area contributed by atoms with E-state index in [1.165, 1.54) is 4.90 Å². The molecule has 0 saturated carbocycles. The van der Waals surface area contributed by atoms with E-state index >= 15 is 0 Å². The van der Waals surface area contributed by atoms with Gasteiger partial charge in [0.15, 0.2) is 5.75 Å². The number of rotatable bonds is 3. The van der Waals surface area contributed by atoms with E-state index in [9.17, 15) is 4.79 Å². The van der Waals surface area contributed by atoms with Crippen molar-refractivity contribution in [2.75, 3.05) is 14.1 Å². The lowest BCUT2D eigenvalue weighted by molar-refractivity contribution is 0.0827. The van der Waals surface area contributed by atoms with E-state index in [0.29, 0.717) is 11.3 Å². The minimum Gasteiger partial charge on any atom is -0.455 e. The van der Waals surface area contributed by atoms with E-state index in [1.54, 1.807) is 56.6 Å². The van der Waals surface area contributed by atoms with Gasteiger partial charge >= 0.3 is 0 Å². The van der Waals surface area contributed by atoms with Gasteiger partial charge in [-0.1, -0.05) is 12.1 Å². The molecule has 22 heavy (non-hydrogen) atoms. The number of ether oxygens (including phenoxy) is 1. The maximum absolute atomic E-state index is 12.0. The molecule has 0 heterocycles. The lowest BCUT2D eigenvalue weighted by atomic mass is 10.1. The highest BCUT2D eigenvalue weighted by atomic mass is 16.5. The fraction of sp³-hybridized carbons (Fsp3) is 0.118. The summed E-state index contributed by atoms with van der Waals surface area (Å²) in [6.07, 6.45) is 0. The zero-order valence-electron chi connectivity index (χ0n) is 12.2. The monoisotopic (exact) mass is 291 g/mol. The molecule has 0 spiro atoms. The number of carbonyl (C=O) groups excluding carboxylic acids is 1. The summed E-state index contributed by atoms with van der Waals surface area (Å²) in [7, 11) is 3.32. The Morgan fingerprint density at radius 2 is 1.64 bits per heavy atom. The van der Waals surface area contributed by atoms with Gasteiger partial charge in [0, 0.05) is 19.7 Å². The van der Waals surface area contributed by atoms with E-state index in [1.807, 2.05) is 12.1 Å². The molecular formula is C17H13N3O2. The van der Waals surface area contributed by atoms with Crippen molar-refractivity contribution < 1.29 is 9.53 Å². The highest BCUT2D eigenvalue weighted by molar-refractivity contribution is 5.94. The molecule has 0 fully saturated rings. The Morgan fingerprint density at radius 1 is 1.05 bits per heavy atom. The fourth-order valence-electron chi connectivity index (χ4n) is 1.89. The third-order valence-corrected chi connectivity index (χ3v) is 2.96. The molecule has 108 valence electrons. The molecule has 0 unspecified atom stereocenters. The average Bonchev–Trinajstić information content (AvgIpc) is 2.54. The first-order valence-corrected chi connectivity index (χ1v) is 6.49. The SMILES string of the molecule is CN(C)C(=O)c1cccc(Oc2c(C#N)cccc2C#N)c1.